The van der Waals surface area contributed by atoms with Crippen molar-refractivity contribution in [3.63, 3.8) is 0 Å². The first-order valence-electron chi connectivity index (χ1n) is 20.2. The number of allylic oxidation sites excluding steroid dienone is 3. The number of hydrogen-bond donors (Lipinski definition) is 0. The van der Waals surface area contributed by atoms with Gasteiger partial charge >= 0.3 is 0 Å². The summed E-state index contributed by atoms with van der Waals surface area (Å²) in [6, 6.07) is 67.1. The maximum Gasteiger partial charge on any atom is 0.0726 e. The molecule has 2 heteroatoms. The lowest BCUT2D eigenvalue weighted by Gasteiger charge is -2.15. The third-order valence-electron chi connectivity index (χ3n) is 12.3. The Hall–Kier alpha value is -7.00. The van der Waals surface area contributed by atoms with Gasteiger partial charge in [-0.2, -0.15) is 0 Å². The highest BCUT2D eigenvalue weighted by Crippen LogP contribution is 2.47. The highest BCUT2D eigenvalue weighted by molar-refractivity contribution is 7.26. The van der Waals surface area contributed by atoms with Gasteiger partial charge in [0.1, 0.15) is 0 Å². The van der Waals surface area contributed by atoms with Crippen molar-refractivity contribution in [1.29, 1.82) is 0 Å². The van der Waals surface area contributed by atoms with Gasteiger partial charge in [-0.3, -0.25) is 0 Å². The summed E-state index contributed by atoms with van der Waals surface area (Å²) in [6.45, 7) is 0. The zero-order valence-electron chi connectivity index (χ0n) is 31.8. The monoisotopic (exact) mass is 755 g/mol. The largest absolute Gasteiger partial charge is 0.307 e. The van der Waals surface area contributed by atoms with Gasteiger partial charge in [0.15, 0.2) is 0 Å². The van der Waals surface area contributed by atoms with Gasteiger partial charge in [0.25, 0.3) is 0 Å². The van der Waals surface area contributed by atoms with Crippen LogP contribution in [0.4, 0.5) is 0 Å². The molecule has 12 rings (SSSR count). The third kappa shape index (κ3) is 5.22. The van der Waals surface area contributed by atoms with Gasteiger partial charge in [0, 0.05) is 31.6 Å². The Labute approximate surface area is 341 Å². The number of para-hydroxylation sites is 1. The average Bonchev–Trinajstić information content (AvgIpc) is 3.73. The van der Waals surface area contributed by atoms with Crippen LogP contribution in [0.2, 0.25) is 0 Å². The van der Waals surface area contributed by atoms with Crippen LogP contribution in [0.5, 0.6) is 0 Å². The van der Waals surface area contributed by atoms with E-state index >= 15 is 0 Å². The van der Waals surface area contributed by atoms with E-state index in [4.69, 9.17) is 0 Å². The molecule has 0 saturated carbocycles. The standard InChI is InChI=1S/C56H37NS/c1-2-15-37(16-3-1)40-20-12-14-36(32-40)33-42-34-41-18-5-6-21-43(41)46-31-29-39(28-30-44(42)46)49-35-50-47-23-9-11-27-53(47)58-56(50)55-54(49)48-24-8-10-25-52(48)57(55)51-26-13-19-38-17-4-7-22-45(38)51/h1-30,32,34-35H,31,33H2. The van der Waals surface area contributed by atoms with Crippen molar-refractivity contribution < 1.29 is 0 Å². The molecule has 11 aromatic rings. The minimum atomic E-state index is 0.849. The summed E-state index contributed by atoms with van der Waals surface area (Å²) in [6.07, 6.45) is 9.03. The van der Waals surface area contributed by atoms with Crippen molar-refractivity contribution >= 4 is 86.5 Å². The van der Waals surface area contributed by atoms with Crippen molar-refractivity contribution in [3.8, 4) is 16.8 Å². The van der Waals surface area contributed by atoms with Crippen LogP contribution < -0.4 is 0 Å². The summed E-state index contributed by atoms with van der Waals surface area (Å²) >= 11 is 1.92. The van der Waals surface area contributed by atoms with Crippen LogP contribution >= 0.6 is 11.3 Å². The second-order valence-corrected chi connectivity index (χ2v) is 16.6. The molecule has 0 atom stereocenters. The molecule has 0 bridgehead atoms. The van der Waals surface area contributed by atoms with Gasteiger partial charge in [-0.15, -0.1) is 11.3 Å². The van der Waals surface area contributed by atoms with Gasteiger partial charge in [-0.1, -0.05) is 176 Å². The highest BCUT2D eigenvalue weighted by Gasteiger charge is 2.24. The molecule has 0 aliphatic heterocycles. The fourth-order valence-corrected chi connectivity index (χ4v) is 10.9. The van der Waals surface area contributed by atoms with Gasteiger partial charge < -0.3 is 4.57 Å². The van der Waals surface area contributed by atoms with Gasteiger partial charge in [0.2, 0.25) is 0 Å². The summed E-state index contributed by atoms with van der Waals surface area (Å²) in [5.41, 5.74) is 14.2. The fraction of sp³-hybridized carbons (Fsp3) is 0.0357. The molecule has 2 heterocycles. The predicted molar refractivity (Wildman–Crippen MR) is 251 cm³/mol. The number of thiophene rings is 1. The summed E-state index contributed by atoms with van der Waals surface area (Å²) in [5, 5.41) is 10.3. The quantitative estimate of drug-likeness (QED) is 0.165. The molecule has 9 aromatic carbocycles. The van der Waals surface area contributed by atoms with Crippen LogP contribution in [-0.4, -0.2) is 4.57 Å². The number of rotatable bonds is 5. The molecule has 0 fully saturated rings. The molecule has 272 valence electrons. The lowest BCUT2D eigenvalue weighted by atomic mass is 9.89. The second-order valence-electron chi connectivity index (χ2n) is 15.6. The molecule has 0 amide bonds. The molecule has 0 spiro atoms. The SMILES string of the molecule is C1=Cc2c(Cc3cccc(-c4ccccc4)c3)cc3ccccc3c2CC=C1c1cc2c3ccccc3sc2c2c1c1ccccc1n2-c1cccc2ccccc12. The van der Waals surface area contributed by atoms with Crippen molar-refractivity contribution in [3.05, 3.63) is 222 Å². The van der Waals surface area contributed by atoms with E-state index in [0.717, 1.165) is 12.8 Å². The normalized spacial score (nSPS) is 12.9. The zero-order chi connectivity index (χ0) is 38.2. The number of nitrogens with zero attached hydrogens (tertiary/aromatic N) is 1. The number of fused-ring (bicyclic) bond motifs is 11. The van der Waals surface area contributed by atoms with E-state index in [1.165, 1.54) is 114 Å². The maximum atomic E-state index is 2.55. The molecule has 2 aromatic heterocycles. The van der Waals surface area contributed by atoms with Crippen LogP contribution in [0.3, 0.4) is 0 Å². The first-order chi connectivity index (χ1) is 28.8. The molecule has 0 saturated heterocycles. The molecule has 0 radical (unpaired) electrons. The minimum absolute atomic E-state index is 0.849. The van der Waals surface area contributed by atoms with E-state index in [0.29, 0.717) is 0 Å². The Morgan fingerprint density at radius 3 is 2.12 bits per heavy atom. The summed E-state index contributed by atoms with van der Waals surface area (Å²) in [5.74, 6) is 0. The summed E-state index contributed by atoms with van der Waals surface area (Å²) < 4.78 is 5.20. The predicted octanol–water partition coefficient (Wildman–Crippen LogP) is 15.4. The molecule has 1 aliphatic rings. The number of hydrogen-bond acceptors (Lipinski definition) is 1. The van der Waals surface area contributed by atoms with E-state index in [-0.39, 0.29) is 0 Å². The van der Waals surface area contributed by atoms with Crippen molar-refractivity contribution in [1.82, 2.24) is 4.57 Å². The molecule has 1 nitrogen and oxygen atoms in total. The van der Waals surface area contributed by atoms with Crippen molar-refractivity contribution in [2.75, 3.05) is 0 Å². The smallest absolute Gasteiger partial charge is 0.0726 e. The third-order valence-corrected chi connectivity index (χ3v) is 13.5. The second kappa shape index (κ2) is 13.3. The lowest BCUT2D eigenvalue weighted by Crippen LogP contribution is -1.98. The molecule has 0 N–H and O–H groups in total. The maximum absolute atomic E-state index is 2.55. The Kier molecular flexibility index (Phi) is 7.61. The lowest BCUT2D eigenvalue weighted by molar-refractivity contribution is 1.17. The van der Waals surface area contributed by atoms with Crippen molar-refractivity contribution in [2.45, 2.75) is 12.8 Å². The van der Waals surface area contributed by atoms with Crippen molar-refractivity contribution in [2.24, 2.45) is 0 Å². The van der Waals surface area contributed by atoms with E-state index in [1.54, 1.807) is 0 Å². The van der Waals surface area contributed by atoms with Crippen LogP contribution in [0.25, 0.3) is 92.0 Å². The number of aromatic nitrogens is 1. The Balaban J connectivity index is 1.09. The Morgan fingerprint density at radius 1 is 0.517 bits per heavy atom. The summed E-state index contributed by atoms with van der Waals surface area (Å²) in [7, 11) is 0. The molecular formula is C56H37NS. The van der Waals surface area contributed by atoms with Crippen LogP contribution in [-0.2, 0) is 12.8 Å². The van der Waals surface area contributed by atoms with Crippen LogP contribution in [0.1, 0.15) is 27.8 Å². The zero-order valence-corrected chi connectivity index (χ0v) is 32.6. The molecular weight excluding hydrogens is 719 g/mol. The van der Waals surface area contributed by atoms with Gasteiger partial charge in [-0.05, 0) is 97.8 Å². The van der Waals surface area contributed by atoms with Gasteiger partial charge in [0.05, 0.1) is 21.4 Å². The van der Waals surface area contributed by atoms with Crippen LogP contribution in [0, 0.1) is 0 Å². The van der Waals surface area contributed by atoms with E-state index in [2.05, 4.69) is 205 Å². The van der Waals surface area contributed by atoms with E-state index in [1.807, 2.05) is 11.3 Å². The molecule has 1 aliphatic carbocycles. The van der Waals surface area contributed by atoms with E-state index in [9.17, 15) is 0 Å². The first kappa shape index (κ1) is 33.2. The first-order valence-corrected chi connectivity index (χ1v) is 21.0. The number of benzene rings is 9. The topological polar surface area (TPSA) is 4.93 Å². The Morgan fingerprint density at radius 2 is 1.22 bits per heavy atom. The van der Waals surface area contributed by atoms with Gasteiger partial charge in [-0.25, -0.2) is 0 Å². The average molecular weight is 756 g/mol. The highest BCUT2D eigenvalue weighted by atomic mass is 32.1. The minimum Gasteiger partial charge on any atom is -0.307 e. The summed E-state index contributed by atoms with van der Waals surface area (Å²) in [4.78, 5) is 0. The molecule has 0 unspecified atom stereocenters. The Bertz CT molecular complexity index is 3500. The fourth-order valence-electron chi connectivity index (χ4n) is 9.65. The van der Waals surface area contributed by atoms with E-state index < -0.39 is 0 Å². The molecule has 58 heavy (non-hydrogen) atoms. The van der Waals surface area contributed by atoms with Crippen LogP contribution in [0.15, 0.2) is 194 Å².